The largest absolute Gasteiger partial charge is 0.507 e. The fraction of sp³-hybridized carbons (Fsp3) is 0.387. The number of aromatic hydroxyl groups is 1. The van der Waals surface area contributed by atoms with E-state index in [9.17, 15) is 23.1 Å². The van der Waals surface area contributed by atoms with Gasteiger partial charge in [-0.1, -0.05) is 32.0 Å². The number of benzene rings is 3. The van der Waals surface area contributed by atoms with Crippen LogP contribution in [-0.4, -0.2) is 17.6 Å². The summed E-state index contributed by atoms with van der Waals surface area (Å²) in [5.41, 5.74) is 6.58. The summed E-state index contributed by atoms with van der Waals surface area (Å²) >= 11 is 0. The molecule has 0 radical (unpaired) electrons. The van der Waals surface area contributed by atoms with Gasteiger partial charge in [-0.25, -0.2) is 0 Å². The van der Waals surface area contributed by atoms with E-state index < -0.39 is 11.7 Å². The fourth-order valence-corrected chi connectivity index (χ4v) is 5.41. The molecule has 38 heavy (non-hydrogen) atoms. The normalized spacial score (nSPS) is 15.3. The van der Waals surface area contributed by atoms with Crippen LogP contribution in [0.3, 0.4) is 0 Å². The van der Waals surface area contributed by atoms with Crippen molar-refractivity contribution in [2.75, 3.05) is 11.9 Å². The Hall–Kier alpha value is -3.48. The average molecular weight is 525 g/mol. The number of amides is 1. The van der Waals surface area contributed by atoms with Crippen LogP contribution in [0.2, 0.25) is 0 Å². The molecule has 202 valence electrons. The van der Waals surface area contributed by atoms with Gasteiger partial charge in [-0.05, 0) is 109 Å². The number of aryl methyl sites for hydroxylation is 1. The Labute approximate surface area is 222 Å². The topological polar surface area (TPSA) is 61.4 Å². The number of alkyl halides is 3. The van der Waals surface area contributed by atoms with Gasteiger partial charge in [0, 0.05) is 12.2 Å². The maximum absolute atomic E-state index is 12.9. The van der Waals surface area contributed by atoms with E-state index in [-0.39, 0.29) is 28.7 Å². The molecule has 3 aromatic carbocycles. The first-order chi connectivity index (χ1) is 17.9. The Morgan fingerprint density at radius 1 is 1.05 bits per heavy atom. The van der Waals surface area contributed by atoms with Gasteiger partial charge >= 0.3 is 6.18 Å². The molecule has 0 saturated carbocycles. The Bertz CT molecular complexity index is 1310. The molecule has 3 aromatic rings. The Kier molecular flexibility index (Phi) is 7.77. The monoisotopic (exact) mass is 524 g/mol. The number of nitrogens with one attached hydrogen (secondary N) is 2. The lowest BCUT2D eigenvalue weighted by Gasteiger charge is -2.28. The van der Waals surface area contributed by atoms with Gasteiger partial charge in [-0.3, -0.25) is 4.79 Å². The van der Waals surface area contributed by atoms with Gasteiger partial charge in [0.1, 0.15) is 5.75 Å². The van der Waals surface area contributed by atoms with E-state index in [4.69, 9.17) is 0 Å². The fourth-order valence-electron chi connectivity index (χ4n) is 5.41. The number of phenolic OH excluding ortho intramolecular Hbond substituents is 1. The molecule has 1 atom stereocenters. The van der Waals surface area contributed by atoms with Gasteiger partial charge in [-0.15, -0.1) is 0 Å². The predicted octanol–water partition coefficient (Wildman–Crippen LogP) is 7.52. The van der Waals surface area contributed by atoms with E-state index in [1.54, 1.807) is 18.2 Å². The number of carbonyl (C=O) groups is 1. The van der Waals surface area contributed by atoms with Crippen LogP contribution in [0.15, 0.2) is 54.6 Å². The van der Waals surface area contributed by atoms with Gasteiger partial charge in [-0.2, -0.15) is 13.2 Å². The molecule has 0 aromatic heterocycles. The molecule has 1 aliphatic carbocycles. The first-order valence-electron chi connectivity index (χ1n) is 13.0. The predicted molar refractivity (Wildman–Crippen MR) is 145 cm³/mol. The highest BCUT2D eigenvalue weighted by molar-refractivity contribution is 5.96. The van der Waals surface area contributed by atoms with Crippen molar-refractivity contribution in [3.63, 3.8) is 0 Å². The van der Waals surface area contributed by atoms with Gasteiger partial charge < -0.3 is 15.7 Å². The van der Waals surface area contributed by atoms with E-state index >= 15 is 0 Å². The highest BCUT2D eigenvalue weighted by Gasteiger charge is 2.31. The quantitative estimate of drug-likeness (QED) is 0.286. The number of rotatable bonds is 8. The first kappa shape index (κ1) is 27.6. The molecule has 0 heterocycles. The van der Waals surface area contributed by atoms with Crippen LogP contribution >= 0.6 is 0 Å². The third-order valence-electron chi connectivity index (χ3n) is 7.60. The van der Waals surface area contributed by atoms with E-state index in [2.05, 4.69) is 44.4 Å². The second-order valence-electron chi connectivity index (χ2n) is 11.0. The summed E-state index contributed by atoms with van der Waals surface area (Å²) in [5, 5.41) is 16.3. The molecule has 1 unspecified atom stereocenters. The number of phenols is 1. The zero-order valence-electron chi connectivity index (χ0n) is 22.3. The molecule has 1 aliphatic rings. The van der Waals surface area contributed by atoms with Crippen molar-refractivity contribution >= 4 is 11.6 Å². The summed E-state index contributed by atoms with van der Waals surface area (Å²) in [6.45, 7) is 9.17. The van der Waals surface area contributed by atoms with Crippen molar-refractivity contribution < 1.29 is 23.1 Å². The van der Waals surface area contributed by atoms with Gasteiger partial charge in [0.2, 0.25) is 0 Å². The molecule has 0 spiro atoms. The number of fused-ring (bicyclic) bond motifs is 1. The number of anilines is 1. The molecular formula is C31H35F3N2O2. The maximum atomic E-state index is 12.9. The second-order valence-corrected chi connectivity index (χ2v) is 11.0. The Balaban J connectivity index is 1.42. The van der Waals surface area contributed by atoms with Gasteiger partial charge in [0.25, 0.3) is 5.91 Å². The Morgan fingerprint density at radius 2 is 1.74 bits per heavy atom. The lowest BCUT2D eigenvalue weighted by atomic mass is 9.79. The third-order valence-corrected chi connectivity index (χ3v) is 7.60. The maximum Gasteiger partial charge on any atom is 0.416 e. The van der Waals surface area contributed by atoms with Crippen molar-refractivity contribution in [3.8, 4) is 5.75 Å². The minimum atomic E-state index is -4.34. The molecule has 4 nitrogen and oxygen atoms in total. The van der Waals surface area contributed by atoms with Crippen LogP contribution in [0.4, 0.5) is 18.9 Å². The zero-order valence-corrected chi connectivity index (χ0v) is 22.3. The van der Waals surface area contributed by atoms with Gasteiger partial charge in [0.05, 0.1) is 17.2 Å². The van der Waals surface area contributed by atoms with Crippen molar-refractivity contribution in [2.45, 2.75) is 65.6 Å². The minimum absolute atomic E-state index is 0.0280. The summed E-state index contributed by atoms with van der Waals surface area (Å²) in [7, 11) is 0. The van der Waals surface area contributed by atoms with Crippen LogP contribution in [0.25, 0.3) is 0 Å². The standard InChI is InChI=1S/C31H35F3N2O2/c1-19-17-25-23(13-14-27(25)36-22-11-9-21(10-12-22)31(32,33)34)20(2)26(19)18-30(3,4)15-16-35-29(38)24-7-5-6-8-28(24)37/h5-12,17,27,36-37H,13-16,18H2,1-4H3,(H,35,38). The number of hydrogen-bond acceptors (Lipinski definition) is 3. The SMILES string of the molecule is Cc1cc2c(c(C)c1CC(C)(C)CCNC(=O)c1ccccc1O)CCC2Nc1ccc(C(F)(F)F)cc1. The molecule has 4 rings (SSSR count). The summed E-state index contributed by atoms with van der Waals surface area (Å²) in [5.74, 6) is -0.310. The summed E-state index contributed by atoms with van der Waals surface area (Å²) in [6.07, 6.45) is -0.888. The van der Waals surface area contributed by atoms with Crippen LogP contribution in [-0.2, 0) is 19.0 Å². The number of hydrogen-bond donors (Lipinski definition) is 3. The second kappa shape index (κ2) is 10.7. The van der Waals surface area contributed by atoms with E-state index in [0.29, 0.717) is 12.2 Å². The van der Waals surface area contributed by atoms with Crippen LogP contribution in [0.5, 0.6) is 5.75 Å². The third kappa shape index (κ3) is 6.14. The highest BCUT2D eigenvalue weighted by Crippen LogP contribution is 2.40. The molecule has 0 saturated heterocycles. The molecule has 7 heteroatoms. The van der Waals surface area contributed by atoms with Crippen LogP contribution in [0, 0.1) is 19.3 Å². The summed E-state index contributed by atoms with van der Waals surface area (Å²) in [4.78, 5) is 12.4. The van der Waals surface area contributed by atoms with Crippen molar-refractivity contribution in [1.82, 2.24) is 5.32 Å². The summed E-state index contributed by atoms with van der Waals surface area (Å²) < 4.78 is 38.7. The van der Waals surface area contributed by atoms with E-state index in [1.807, 2.05) is 0 Å². The summed E-state index contributed by atoms with van der Waals surface area (Å²) in [6, 6.07) is 14.0. The number of para-hydroxylation sites is 1. The highest BCUT2D eigenvalue weighted by atomic mass is 19.4. The Morgan fingerprint density at radius 3 is 2.39 bits per heavy atom. The molecule has 3 N–H and O–H groups in total. The van der Waals surface area contributed by atoms with Crippen LogP contribution in [0.1, 0.15) is 76.5 Å². The van der Waals surface area contributed by atoms with Crippen molar-refractivity contribution in [1.29, 1.82) is 0 Å². The van der Waals surface area contributed by atoms with Gasteiger partial charge in [0.15, 0.2) is 0 Å². The number of carbonyl (C=O) groups excluding carboxylic acids is 1. The molecule has 0 aliphatic heterocycles. The average Bonchev–Trinajstić information content (AvgIpc) is 3.24. The van der Waals surface area contributed by atoms with E-state index in [1.165, 1.54) is 46.0 Å². The number of halogens is 3. The van der Waals surface area contributed by atoms with Crippen molar-refractivity contribution in [2.24, 2.45) is 5.41 Å². The smallest absolute Gasteiger partial charge is 0.416 e. The van der Waals surface area contributed by atoms with E-state index in [0.717, 1.165) is 37.8 Å². The lowest BCUT2D eigenvalue weighted by molar-refractivity contribution is -0.137. The van der Waals surface area contributed by atoms with Crippen LogP contribution < -0.4 is 10.6 Å². The first-order valence-corrected chi connectivity index (χ1v) is 13.0. The molecular weight excluding hydrogens is 489 g/mol. The van der Waals surface area contributed by atoms with Crippen molar-refractivity contribution in [3.05, 3.63) is 93.5 Å². The zero-order chi connectivity index (χ0) is 27.7. The molecule has 0 bridgehead atoms. The molecule has 1 amide bonds. The lowest BCUT2D eigenvalue weighted by Crippen LogP contribution is -2.29. The minimum Gasteiger partial charge on any atom is -0.507 e. The molecule has 0 fully saturated rings.